The van der Waals surface area contributed by atoms with Crippen molar-refractivity contribution in [3.63, 3.8) is 0 Å². The first-order valence-electron chi connectivity index (χ1n) is 6.93. The van der Waals surface area contributed by atoms with E-state index in [0.29, 0.717) is 23.9 Å². The largest absolute Gasteiger partial charge is 0.396 e. The first-order valence-corrected chi connectivity index (χ1v) is 10.1. The normalized spacial score (nSPS) is 13.2. The molecule has 120 valence electrons. The summed E-state index contributed by atoms with van der Waals surface area (Å²) in [6, 6.07) is 10.7. The van der Waals surface area contributed by atoms with Gasteiger partial charge in [0.1, 0.15) is 0 Å². The average molecular weight is 404 g/mol. The molecule has 7 heteroatoms. The molecule has 22 heavy (non-hydrogen) atoms. The summed E-state index contributed by atoms with van der Waals surface area (Å²) in [5, 5.41) is 11.2. The lowest BCUT2D eigenvalue weighted by molar-refractivity contribution is 0.273. The molecule has 0 bridgehead atoms. The lowest BCUT2D eigenvalue weighted by Crippen LogP contribution is -2.26. The van der Waals surface area contributed by atoms with Gasteiger partial charge in [0.15, 0.2) is 0 Å². The SMILES string of the molecule is O=S(=O)(NCC[C@H](CCO)c1cccs1)c1ccccc1Br. The van der Waals surface area contributed by atoms with Gasteiger partial charge in [0.05, 0.1) is 4.90 Å². The van der Waals surface area contributed by atoms with Gasteiger partial charge < -0.3 is 5.11 Å². The van der Waals surface area contributed by atoms with Crippen LogP contribution in [-0.2, 0) is 10.0 Å². The summed E-state index contributed by atoms with van der Waals surface area (Å²) in [5.41, 5.74) is 0. The number of aliphatic hydroxyl groups excluding tert-OH is 1. The van der Waals surface area contributed by atoms with E-state index in [-0.39, 0.29) is 17.4 Å². The van der Waals surface area contributed by atoms with E-state index in [2.05, 4.69) is 20.7 Å². The van der Waals surface area contributed by atoms with Gasteiger partial charge in [0.2, 0.25) is 10.0 Å². The Kier molecular flexibility index (Phi) is 6.58. The molecule has 1 aromatic carbocycles. The predicted molar refractivity (Wildman–Crippen MR) is 92.7 cm³/mol. The van der Waals surface area contributed by atoms with Crippen molar-refractivity contribution in [3.05, 3.63) is 51.1 Å². The second-order valence-corrected chi connectivity index (χ2v) is 8.41. The molecular formula is C15H18BrNO3S2. The molecule has 0 aliphatic carbocycles. The van der Waals surface area contributed by atoms with Crippen LogP contribution in [0.5, 0.6) is 0 Å². The van der Waals surface area contributed by atoms with E-state index >= 15 is 0 Å². The number of nitrogens with one attached hydrogen (secondary N) is 1. The Morgan fingerprint density at radius 2 is 1.95 bits per heavy atom. The van der Waals surface area contributed by atoms with Crippen molar-refractivity contribution in [2.45, 2.75) is 23.7 Å². The van der Waals surface area contributed by atoms with Crippen LogP contribution in [0.25, 0.3) is 0 Å². The Morgan fingerprint density at radius 1 is 1.18 bits per heavy atom. The van der Waals surface area contributed by atoms with E-state index in [1.54, 1.807) is 35.6 Å². The molecular weight excluding hydrogens is 386 g/mol. The summed E-state index contributed by atoms with van der Waals surface area (Å²) in [4.78, 5) is 1.42. The van der Waals surface area contributed by atoms with Crippen molar-refractivity contribution in [2.24, 2.45) is 0 Å². The minimum Gasteiger partial charge on any atom is -0.396 e. The van der Waals surface area contributed by atoms with E-state index in [1.807, 2.05) is 17.5 Å². The average Bonchev–Trinajstić information content (AvgIpc) is 3.00. The molecule has 0 spiro atoms. The van der Waals surface area contributed by atoms with E-state index in [9.17, 15) is 8.42 Å². The van der Waals surface area contributed by atoms with Gasteiger partial charge in [0, 0.05) is 22.5 Å². The van der Waals surface area contributed by atoms with E-state index < -0.39 is 10.0 Å². The molecule has 0 aliphatic heterocycles. The minimum atomic E-state index is -3.53. The molecule has 0 aliphatic rings. The molecule has 4 nitrogen and oxygen atoms in total. The zero-order valence-electron chi connectivity index (χ0n) is 11.9. The van der Waals surface area contributed by atoms with Crippen LogP contribution >= 0.6 is 27.3 Å². The number of halogens is 1. The minimum absolute atomic E-state index is 0.0968. The summed E-state index contributed by atoms with van der Waals surface area (Å²) in [7, 11) is -3.53. The second-order valence-electron chi connectivity index (χ2n) is 4.84. The van der Waals surface area contributed by atoms with Gasteiger partial charge in [-0.3, -0.25) is 0 Å². The zero-order valence-corrected chi connectivity index (χ0v) is 15.1. The number of hydrogen-bond donors (Lipinski definition) is 2. The smallest absolute Gasteiger partial charge is 0.241 e. The summed E-state index contributed by atoms with van der Waals surface area (Å²) in [6.07, 6.45) is 1.29. The molecule has 0 radical (unpaired) electrons. The molecule has 0 fully saturated rings. The monoisotopic (exact) mass is 403 g/mol. The van der Waals surface area contributed by atoms with Gasteiger partial charge in [-0.05, 0) is 58.3 Å². The maximum absolute atomic E-state index is 12.3. The van der Waals surface area contributed by atoms with Crippen molar-refractivity contribution < 1.29 is 13.5 Å². The number of thiophene rings is 1. The number of aliphatic hydroxyl groups is 1. The highest BCUT2D eigenvalue weighted by Gasteiger charge is 2.18. The third-order valence-electron chi connectivity index (χ3n) is 3.33. The van der Waals surface area contributed by atoms with Crippen LogP contribution in [0, 0.1) is 0 Å². The Bertz CT molecular complexity index is 687. The molecule has 0 unspecified atom stereocenters. The van der Waals surface area contributed by atoms with Crippen LogP contribution in [0.2, 0.25) is 0 Å². The Labute approximate surface area is 143 Å². The first-order chi connectivity index (χ1) is 10.5. The van der Waals surface area contributed by atoms with E-state index in [4.69, 9.17) is 5.11 Å². The molecule has 1 aromatic heterocycles. The van der Waals surface area contributed by atoms with Crippen LogP contribution in [-0.4, -0.2) is 26.7 Å². The highest BCUT2D eigenvalue weighted by Crippen LogP contribution is 2.27. The van der Waals surface area contributed by atoms with Crippen LogP contribution in [0.1, 0.15) is 23.6 Å². The summed E-state index contributed by atoms with van der Waals surface area (Å²) in [6.45, 7) is 0.436. The lowest BCUT2D eigenvalue weighted by Gasteiger charge is -2.15. The van der Waals surface area contributed by atoms with Gasteiger partial charge in [-0.2, -0.15) is 0 Å². The van der Waals surface area contributed by atoms with Crippen LogP contribution in [0.15, 0.2) is 51.1 Å². The lowest BCUT2D eigenvalue weighted by atomic mass is 10.0. The molecule has 2 N–H and O–H groups in total. The molecule has 2 rings (SSSR count). The van der Waals surface area contributed by atoms with Gasteiger partial charge >= 0.3 is 0 Å². The molecule has 0 amide bonds. The van der Waals surface area contributed by atoms with Crippen molar-refractivity contribution in [2.75, 3.05) is 13.2 Å². The molecule has 1 atom stereocenters. The molecule has 1 heterocycles. The summed E-state index contributed by atoms with van der Waals surface area (Å²) in [5.74, 6) is 0.173. The predicted octanol–water partition coefficient (Wildman–Crippen LogP) is 3.35. The fraction of sp³-hybridized carbons (Fsp3) is 0.333. The maximum atomic E-state index is 12.3. The van der Waals surface area contributed by atoms with E-state index in [0.717, 1.165) is 0 Å². The van der Waals surface area contributed by atoms with Gasteiger partial charge in [-0.25, -0.2) is 13.1 Å². The standard InChI is InChI=1S/C15H18BrNO3S2/c16-13-4-1-2-6-15(13)22(19,20)17-9-7-12(8-10-18)14-5-3-11-21-14/h1-6,11-12,17-18H,7-10H2/t12-/m1/s1. The number of rotatable bonds is 8. The van der Waals surface area contributed by atoms with E-state index in [1.165, 1.54) is 4.88 Å². The van der Waals surface area contributed by atoms with Crippen molar-refractivity contribution in [1.29, 1.82) is 0 Å². The van der Waals surface area contributed by atoms with Gasteiger partial charge in [-0.15, -0.1) is 11.3 Å². The maximum Gasteiger partial charge on any atom is 0.241 e. The number of hydrogen-bond acceptors (Lipinski definition) is 4. The summed E-state index contributed by atoms with van der Waals surface area (Å²) < 4.78 is 27.8. The Balaban J connectivity index is 1.98. The molecule has 0 saturated heterocycles. The number of sulfonamides is 1. The fourth-order valence-electron chi connectivity index (χ4n) is 2.22. The quantitative estimate of drug-likeness (QED) is 0.709. The Hall–Kier alpha value is -0.730. The van der Waals surface area contributed by atoms with Gasteiger partial charge in [-0.1, -0.05) is 18.2 Å². The van der Waals surface area contributed by atoms with Crippen molar-refractivity contribution in [3.8, 4) is 0 Å². The topological polar surface area (TPSA) is 66.4 Å². The van der Waals surface area contributed by atoms with Crippen molar-refractivity contribution in [1.82, 2.24) is 4.72 Å². The third kappa shape index (κ3) is 4.63. The highest BCUT2D eigenvalue weighted by molar-refractivity contribution is 9.10. The fourth-order valence-corrected chi connectivity index (χ4v) is 5.16. The number of benzene rings is 1. The third-order valence-corrected chi connectivity index (χ3v) is 6.84. The molecule has 0 saturated carbocycles. The molecule has 2 aromatic rings. The Morgan fingerprint density at radius 3 is 2.59 bits per heavy atom. The second kappa shape index (κ2) is 8.21. The van der Waals surface area contributed by atoms with Crippen LogP contribution < -0.4 is 4.72 Å². The van der Waals surface area contributed by atoms with Crippen molar-refractivity contribution >= 4 is 37.3 Å². The highest BCUT2D eigenvalue weighted by atomic mass is 79.9. The first kappa shape index (κ1) is 17.6. The van der Waals surface area contributed by atoms with Crippen LogP contribution in [0.4, 0.5) is 0 Å². The van der Waals surface area contributed by atoms with Gasteiger partial charge in [0.25, 0.3) is 0 Å². The van der Waals surface area contributed by atoms with Crippen LogP contribution in [0.3, 0.4) is 0 Å². The summed E-state index contributed by atoms with van der Waals surface area (Å²) >= 11 is 4.89. The zero-order chi connectivity index (χ0) is 16.0.